The summed E-state index contributed by atoms with van der Waals surface area (Å²) >= 11 is 0. The summed E-state index contributed by atoms with van der Waals surface area (Å²) in [5, 5.41) is 14.6. The number of furan rings is 1. The van der Waals surface area contributed by atoms with Crippen LogP contribution in [0.2, 0.25) is 0 Å². The van der Waals surface area contributed by atoms with Crippen molar-refractivity contribution in [1.82, 2.24) is 4.98 Å². The number of aliphatic hydroxyl groups is 1. The number of nitrogens with zero attached hydrogens (tertiary/aromatic N) is 1. The van der Waals surface area contributed by atoms with Crippen LogP contribution in [0.5, 0.6) is 0 Å². The number of ketones is 1. The molecule has 0 saturated heterocycles. The minimum Gasteiger partial charge on any atom is -0.512 e. The van der Waals surface area contributed by atoms with Gasteiger partial charge in [0.15, 0.2) is 5.78 Å². The van der Waals surface area contributed by atoms with E-state index in [1.807, 2.05) is 33.9 Å². The number of carbonyl (C=O) groups is 1. The molecule has 2 aromatic heterocycles. The first-order valence-corrected chi connectivity index (χ1v) is 20.0. The van der Waals surface area contributed by atoms with Crippen LogP contribution in [-0.4, -0.2) is 15.9 Å². The van der Waals surface area contributed by atoms with Crippen molar-refractivity contribution in [3.8, 4) is 11.3 Å². The fourth-order valence-electron chi connectivity index (χ4n) is 8.53. The largest absolute Gasteiger partial charge is 0.512 e. The Morgan fingerprint density at radius 2 is 1.46 bits per heavy atom. The van der Waals surface area contributed by atoms with E-state index in [0.717, 1.165) is 48.1 Å². The molecule has 2 heterocycles. The van der Waals surface area contributed by atoms with Gasteiger partial charge in [0.25, 0.3) is 0 Å². The third kappa shape index (κ3) is 8.58. The minimum atomic E-state index is 0. The number of carbonyl (C=O) groups excluding carboxylic acids is 1. The molecular formula is C47H58IrNO3-. The normalized spacial score (nSPS) is 15.7. The van der Waals surface area contributed by atoms with Gasteiger partial charge in [-0.15, -0.1) is 17.7 Å². The van der Waals surface area contributed by atoms with Crippen molar-refractivity contribution in [1.29, 1.82) is 0 Å². The number of pyridine rings is 1. The number of aromatic nitrogens is 1. The predicted molar refractivity (Wildman–Crippen MR) is 214 cm³/mol. The molecule has 1 N–H and O–H groups in total. The van der Waals surface area contributed by atoms with Crippen LogP contribution in [0, 0.1) is 17.9 Å². The molecule has 1 radical (unpaired) electrons. The average Bonchev–Trinajstić information content (AvgIpc) is 3.94. The smallest absolute Gasteiger partial charge is 0.162 e. The SMILES string of the molecule is CC(C)c1ccc2c(c1)oc1c(-c3nccc4cc(C5CCCC5)ccc34)[c-]c(C3CCCC3)cc12.CCC(CC)C(=O)/C=C(\O)C(CC)CC.[Ir]. The molecule has 5 heteroatoms. The Hall–Kier alpha value is -3.27. The molecule has 0 spiro atoms. The van der Waals surface area contributed by atoms with Crippen molar-refractivity contribution in [3.63, 3.8) is 0 Å². The first-order chi connectivity index (χ1) is 24.8. The fourth-order valence-corrected chi connectivity index (χ4v) is 8.53. The van der Waals surface area contributed by atoms with E-state index in [1.54, 1.807) is 0 Å². The van der Waals surface area contributed by atoms with E-state index in [-0.39, 0.29) is 43.5 Å². The number of hydrogen-bond acceptors (Lipinski definition) is 4. The van der Waals surface area contributed by atoms with Crippen LogP contribution in [0.3, 0.4) is 0 Å². The van der Waals surface area contributed by atoms with Gasteiger partial charge in [-0.2, -0.15) is 0 Å². The molecule has 2 aliphatic carbocycles. The molecule has 0 bridgehead atoms. The third-order valence-electron chi connectivity index (χ3n) is 11.9. The number of fused-ring (bicyclic) bond motifs is 4. The van der Waals surface area contributed by atoms with Gasteiger partial charge in [-0.1, -0.05) is 109 Å². The molecule has 0 aliphatic heterocycles. The van der Waals surface area contributed by atoms with Crippen LogP contribution in [0.25, 0.3) is 44.0 Å². The maximum Gasteiger partial charge on any atom is 0.162 e. The topological polar surface area (TPSA) is 63.3 Å². The van der Waals surface area contributed by atoms with Gasteiger partial charge in [0, 0.05) is 49.6 Å². The van der Waals surface area contributed by atoms with Crippen molar-refractivity contribution in [3.05, 3.63) is 89.3 Å². The quantitative estimate of drug-likeness (QED) is 0.0816. The number of benzene rings is 3. The standard InChI is InChI=1S/C34H34NO.C13H24O2.Ir/c1-21(2)24-11-14-29-30-18-27(23-9-5-6-10-23)19-31(34(30)36-32(29)20-24)33-28-13-12-25(22-7-3-4-8-22)17-26(28)15-16-35-33;1-5-10(6-2)12(14)9-13(15)11(7-3)8-4;/h11-18,20-23H,3-10H2,1-2H3;9-11,14H,5-8H2,1-4H3;/q-1;;/b;12-9-;. The molecule has 2 fully saturated rings. The first-order valence-electron chi connectivity index (χ1n) is 20.0. The Morgan fingerprint density at radius 1 is 0.827 bits per heavy atom. The van der Waals surface area contributed by atoms with E-state index in [2.05, 4.69) is 68.4 Å². The summed E-state index contributed by atoms with van der Waals surface area (Å²) < 4.78 is 6.63. The number of hydrogen-bond donors (Lipinski definition) is 1. The summed E-state index contributed by atoms with van der Waals surface area (Å²) in [6.07, 6.45) is 17.4. The Morgan fingerprint density at radius 3 is 2.10 bits per heavy atom. The van der Waals surface area contributed by atoms with Gasteiger partial charge in [0.2, 0.25) is 0 Å². The van der Waals surface area contributed by atoms with Crippen molar-refractivity contribution in [2.75, 3.05) is 0 Å². The molecule has 4 nitrogen and oxygen atoms in total. The first kappa shape index (κ1) is 39.9. The minimum absolute atomic E-state index is 0. The molecule has 3 aromatic carbocycles. The number of allylic oxidation sites excluding steroid dienone is 2. The van der Waals surface area contributed by atoms with Crippen molar-refractivity contribution < 1.29 is 34.4 Å². The van der Waals surface area contributed by atoms with E-state index < -0.39 is 0 Å². The van der Waals surface area contributed by atoms with Crippen molar-refractivity contribution in [2.24, 2.45) is 11.8 Å². The summed E-state index contributed by atoms with van der Waals surface area (Å²) in [5.74, 6) is 2.31. The molecular weight excluding hydrogens is 819 g/mol. The zero-order valence-corrected chi connectivity index (χ0v) is 34.6. The monoisotopic (exact) mass is 877 g/mol. The summed E-state index contributed by atoms with van der Waals surface area (Å²) in [6.45, 7) is 12.5. The van der Waals surface area contributed by atoms with E-state index in [4.69, 9.17) is 9.40 Å². The molecule has 0 amide bonds. The average molecular weight is 877 g/mol. The van der Waals surface area contributed by atoms with Gasteiger partial charge >= 0.3 is 0 Å². The Labute approximate surface area is 325 Å². The number of rotatable bonds is 11. The molecule has 2 saturated carbocycles. The van der Waals surface area contributed by atoms with Crippen LogP contribution < -0.4 is 0 Å². The van der Waals surface area contributed by atoms with Crippen LogP contribution >= 0.6 is 0 Å². The van der Waals surface area contributed by atoms with Gasteiger partial charge in [0.05, 0.1) is 11.3 Å². The van der Waals surface area contributed by atoms with Gasteiger partial charge in [-0.25, -0.2) is 0 Å². The van der Waals surface area contributed by atoms with E-state index >= 15 is 0 Å². The molecule has 7 rings (SSSR count). The Bertz CT molecular complexity index is 1990. The summed E-state index contributed by atoms with van der Waals surface area (Å²) in [6, 6.07) is 22.2. The van der Waals surface area contributed by atoms with Gasteiger partial charge in [-0.3, -0.25) is 4.79 Å². The molecule has 279 valence electrons. The fraction of sp³-hybridized carbons (Fsp3) is 0.489. The summed E-state index contributed by atoms with van der Waals surface area (Å²) in [5.41, 5.74) is 8.04. The van der Waals surface area contributed by atoms with E-state index in [1.165, 1.54) is 95.7 Å². The Balaban J connectivity index is 0.000000280. The summed E-state index contributed by atoms with van der Waals surface area (Å²) in [4.78, 5) is 16.7. The van der Waals surface area contributed by atoms with Crippen LogP contribution in [0.15, 0.2) is 71.0 Å². The van der Waals surface area contributed by atoms with Crippen molar-refractivity contribution >= 4 is 38.5 Å². The zero-order chi connectivity index (χ0) is 36.1. The van der Waals surface area contributed by atoms with Crippen LogP contribution in [-0.2, 0) is 24.9 Å². The van der Waals surface area contributed by atoms with Crippen LogP contribution in [0.1, 0.15) is 153 Å². The Kier molecular flexibility index (Phi) is 14.0. The van der Waals surface area contributed by atoms with Gasteiger partial charge < -0.3 is 14.5 Å². The zero-order valence-electron chi connectivity index (χ0n) is 32.2. The second-order valence-corrected chi connectivity index (χ2v) is 15.5. The van der Waals surface area contributed by atoms with E-state index in [0.29, 0.717) is 17.8 Å². The molecule has 5 aromatic rings. The van der Waals surface area contributed by atoms with E-state index in [9.17, 15) is 9.90 Å². The molecule has 2 aliphatic rings. The third-order valence-corrected chi connectivity index (χ3v) is 11.9. The van der Waals surface area contributed by atoms with Gasteiger partial charge in [0.1, 0.15) is 5.58 Å². The summed E-state index contributed by atoms with van der Waals surface area (Å²) in [7, 11) is 0. The van der Waals surface area contributed by atoms with Crippen LogP contribution in [0.4, 0.5) is 0 Å². The second kappa shape index (κ2) is 18.2. The molecule has 0 atom stereocenters. The van der Waals surface area contributed by atoms with Gasteiger partial charge in [-0.05, 0) is 109 Å². The predicted octanol–water partition coefficient (Wildman–Crippen LogP) is 13.9. The number of aliphatic hydroxyl groups excluding tert-OH is 1. The second-order valence-electron chi connectivity index (χ2n) is 15.5. The van der Waals surface area contributed by atoms with Crippen molar-refractivity contribution in [2.45, 2.75) is 136 Å². The maximum absolute atomic E-state index is 11.7. The maximum atomic E-state index is 11.7. The molecule has 0 unspecified atom stereocenters. The molecule has 52 heavy (non-hydrogen) atoms.